The molecule has 9 heteroatoms. The second kappa shape index (κ2) is 16.4. The zero-order chi connectivity index (χ0) is 23.1. The van der Waals surface area contributed by atoms with Crippen molar-refractivity contribution in [2.45, 2.75) is 121 Å². The summed E-state index contributed by atoms with van der Waals surface area (Å²) in [4.78, 5) is 22.4. The minimum Gasteiger partial charge on any atom is -0.481 e. The van der Waals surface area contributed by atoms with Crippen molar-refractivity contribution in [2.24, 2.45) is 0 Å². The van der Waals surface area contributed by atoms with Gasteiger partial charge in [0.15, 0.2) is 6.23 Å². The number of aliphatic hydroxyl groups is 4. The smallest absolute Gasteiger partial charge is 0.303 e. The lowest BCUT2D eigenvalue weighted by atomic mass is 9.98. The Morgan fingerprint density at radius 2 is 1.13 bits per heavy atom. The molecule has 1 saturated heterocycles. The van der Waals surface area contributed by atoms with Crippen LogP contribution in [0.5, 0.6) is 0 Å². The molecule has 0 aromatic rings. The van der Waals surface area contributed by atoms with Crippen LogP contribution in [0.25, 0.3) is 0 Å². The van der Waals surface area contributed by atoms with E-state index in [9.17, 15) is 24.9 Å². The van der Waals surface area contributed by atoms with Crippen LogP contribution in [-0.4, -0.2) is 74.7 Å². The van der Waals surface area contributed by atoms with E-state index >= 15 is 0 Å². The van der Waals surface area contributed by atoms with Gasteiger partial charge in [0.05, 0.1) is 6.61 Å². The molecule has 6 N–H and O–H groups in total. The van der Waals surface area contributed by atoms with E-state index in [0.29, 0.717) is 0 Å². The Kier molecular flexibility index (Phi) is 14.7. The van der Waals surface area contributed by atoms with Crippen LogP contribution in [0.3, 0.4) is 0 Å². The van der Waals surface area contributed by atoms with Crippen molar-refractivity contribution >= 4 is 11.9 Å². The SMILES string of the molecule is O=C(O)CCCCCCCCCCCCCCC(=O)NC1O[C@H](CO)[C@H](O)[C@H](O)[C@H]1O. The average molecular weight is 448 g/mol. The summed E-state index contributed by atoms with van der Waals surface area (Å²) >= 11 is 0. The van der Waals surface area contributed by atoms with E-state index in [1.54, 1.807) is 0 Å². The van der Waals surface area contributed by atoms with Crippen molar-refractivity contribution in [1.82, 2.24) is 5.32 Å². The monoisotopic (exact) mass is 447 g/mol. The van der Waals surface area contributed by atoms with Crippen LogP contribution in [0.15, 0.2) is 0 Å². The first kappa shape index (κ1) is 27.8. The number of amides is 1. The summed E-state index contributed by atoms with van der Waals surface area (Å²) in [5.41, 5.74) is 0. The minimum absolute atomic E-state index is 0.273. The summed E-state index contributed by atoms with van der Waals surface area (Å²) in [6.07, 6.45) is 6.69. The molecule has 0 saturated carbocycles. The second-order valence-corrected chi connectivity index (χ2v) is 8.45. The van der Waals surface area contributed by atoms with E-state index in [2.05, 4.69) is 5.32 Å². The second-order valence-electron chi connectivity index (χ2n) is 8.45. The molecule has 0 aliphatic carbocycles. The van der Waals surface area contributed by atoms with Crippen molar-refractivity contribution in [2.75, 3.05) is 6.61 Å². The predicted octanol–water partition coefficient (Wildman–Crippen LogP) is 1.45. The Labute approximate surface area is 184 Å². The lowest BCUT2D eigenvalue weighted by molar-refractivity contribution is -0.236. The van der Waals surface area contributed by atoms with Crippen LogP contribution >= 0.6 is 0 Å². The number of rotatable bonds is 17. The standard InChI is InChI=1S/C22H41NO8/c24-15-16-19(28)20(29)21(30)22(31-16)23-17(25)13-11-9-7-5-3-1-2-4-6-8-10-12-14-18(26)27/h16,19-22,24,28-30H,1-15H2,(H,23,25)(H,26,27)/t16-,19+,20+,21-,22?/m1/s1. The molecule has 1 rings (SSSR count). The zero-order valence-electron chi connectivity index (χ0n) is 18.5. The number of carbonyl (C=O) groups is 2. The molecule has 9 nitrogen and oxygen atoms in total. The van der Waals surface area contributed by atoms with E-state index in [0.717, 1.165) is 44.9 Å². The van der Waals surface area contributed by atoms with E-state index in [-0.39, 0.29) is 18.7 Å². The fourth-order valence-corrected chi connectivity index (χ4v) is 3.78. The molecule has 0 aromatic heterocycles. The lowest BCUT2D eigenvalue weighted by Crippen LogP contribution is -2.63. The maximum Gasteiger partial charge on any atom is 0.303 e. The molecule has 0 bridgehead atoms. The molecule has 1 fully saturated rings. The first-order valence-corrected chi connectivity index (χ1v) is 11.7. The van der Waals surface area contributed by atoms with Gasteiger partial charge in [-0.3, -0.25) is 9.59 Å². The van der Waals surface area contributed by atoms with Gasteiger partial charge in [-0.05, 0) is 12.8 Å². The summed E-state index contributed by atoms with van der Waals surface area (Å²) in [6, 6.07) is 0. The summed E-state index contributed by atoms with van der Waals surface area (Å²) in [5.74, 6) is -1.01. The molecular weight excluding hydrogens is 406 g/mol. The first-order valence-electron chi connectivity index (χ1n) is 11.7. The normalized spacial score (nSPS) is 26.0. The van der Waals surface area contributed by atoms with Crippen LogP contribution in [-0.2, 0) is 14.3 Å². The van der Waals surface area contributed by atoms with E-state index in [1.165, 1.54) is 32.1 Å². The Morgan fingerprint density at radius 3 is 1.58 bits per heavy atom. The molecule has 0 radical (unpaired) electrons. The number of carboxylic acids is 1. The first-order chi connectivity index (χ1) is 14.9. The van der Waals surface area contributed by atoms with Gasteiger partial charge in [-0.2, -0.15) is 0 Å². The number of hydrogen-bond donors (Lipinski definition) is 6. The third kappa shape index (κ3) is 11.8. The lowest BCUT2D eigenvalue weighted by Gasteiger charge is -2.40. The van der Waals surface area contributed by atoms with Gasteiger partial charge in [0.25, 0.3) is 0 Å². The van der Waals surface area contributed by atoms with Crippen molar-refractivity contribution in [3.63, 3.8) is 0 Å². The number of carboxylic acid groups (broad SMARTS) is 1. The van der Waals surface area contributed by atoms with E-state index in [4.69, 9.17) is 14.9 Å². The van der Waals surface area contributed by atoms with Gasteiger partial charge in [-0.25, -0.2) is 0 Å². The molecule has 182 valence electrons. The highest BCUT2D eigenvalue weighted by molar-refractivity contribution is 5.76. The van der Waals surface area contributed by atoms with Crippen molar-refractivity contribution in [3.05, 3.63) is 0 Å². The number of hydrogen-bond acceptors (Lipinski definition) is 7. The Balaban J connectivity index is 1.96. The van der Waals surface area contributed by atoms with Crippen molar-refractivity contribution in [3.8, 4) is 0 Å². The van der Waals surface area contributed by atoms with Crippen LogP contribution < -0.4 is 5.32 Å². The summed E-state index contributed by atoms with van der Waals surface area (Å²) in [5, 5.41) is 49.6. The maximum atomic E-state index is 12.0. The molecule has 0 spiro atoms. The zero-order valence-corrected chi connectivity index (χ0v) is 18.5. The molecule has 1 amide bonds. The summed E-state index contributed by atoms with van der Waals surface area (Å²) < 4.78 is 5.26. The molecule has 1 heterocycles. The fourth-order valence-electron chi connectivity index (χ4n) is 3.78. The summed E-state index contributed by atoms with van der Waals surface area (Å²) in [7, 11) is 0. The fraction of sp³-hybridized carbons (Fsp3) is 0.909. The van der Waals surface area contributed by atoms with Crippen molar-refractivity contribution < 1.29 is 39.9 Å². The number of carbonyl (C=O) groups excluding carboxylic acids is 1. The Hall–Kier alpha value is -1.26. The Morgan fingerprint density at radius 1 is 0.677 bits per heavy atom. The molecule has 31 heavy (non-hydrogen) atoms. The van der Waals surface area contributed by atoms with Crippen LogP contribution in [0, 0.1) is 0 Å². The number of nitrogens with one attached hydrogen (secondary N) is 1. The van der Waals surface area contributed by atoms with Gasteiger partial charge >= 0.3 is 5.97 Å². The maximum absolute atomic E-state index is 12.0. The highest BCUT2D eigenvalue weighted by Crippen LogP contribution is 2.20. The third-order valence-electron chi connectivity index (χ3n) is 5.74. The van der Waals surface area contributed by atoms with Gasteiger partial charge in [-0.15, -0.1) is 0 Å². The molecule has 5 atom stereocenters. The van der Waals surface area contributed by atoms with E-state index < -0.39 is 43.2 Å². The van der Waals surface area contributed by atoms with Gasteiger partial charge in [-0.1, -0.05) is 64.2 Å². The van der Waals surface area contributed by atoms with Gasteiger partial charge in [0, 0.05) is 12.8 Å². The Bertz CT molecular complexity index is 502. The molecule has 1 aliphatic rings. The average Bonchev–Trinajstić information content (AvgIpc) is 2.74. The number of aliphatic hydroxyl groups excluding tert-OH is 4. The molecule has 0 aromatic carbocycles. The number of aliphatic carboxylic acids is 1. The predicted molar refractivity (Wildman–Crippen MR) is 114 cm³/mol. The number of unbranched alkanes of at least 4 members (excludes halogenated alkanes) is 11. The molecule has 1 aliphatic heterocycles. The molecule has 1 unspecified atom stereocenters. The topological polar surface area (TPSA) is 157 Å². The van der Waals surface area contributed by atoms with Crippen LogP contribution in [0.1, 0.15) is 89.9 Å². The highest BCUT2D eigenvalue weighted by Gasteiger charge is 2.43. The van der Waals surface area contributed by atoms with Gasteiger partial charge < -0.3 is 35.6 Å². The van der Waals surface area contributed by atoms with Gasteiger partial charge in [0.2, 0.25) is 5.91 Å². The molecular formula is C22H41NO8. The third-order valence-corrected chi connectivity index (χ3v) is 5.74. The summed E-state index contributed by atoms with van der Waals surface area (Å²) in [6.45, 7) is -0.524. The quantitative estimate of drug-likeness (QED) is 0.183. The number of ether oxygens (including phenoxy) is 1. The highest BCUT2D eigenvalue weighted by atomic mass is 16.6. The van der Waals surface area contributed by atoms with Crippen LogP contribution in [0.2, 0.25) is 0 Å². The minimum atomic E-state index is -1.49. The van der Waals surface area contributed by atoms with Crippen LogP contribution in [0.4, 0.5) is 0 Å². The largest absolute Gasteiger partial charge is 0.481 e. The van der Waals surface area contributed by atoms with Gasteiger partial charge in [0.1, 0.15) is 24.4 Å². The van der Waals surface area contributed by atoms with E-state index in [1.807, 2.05) is 0 Å². The van der Waals surface area contributed by atoms with Crippen molar-refractivity contribution in [1.29, 1.82) is 0 Å².